The maximum Gasteiger partial charge on any atom is 0.223 e. The van der Waals surface area contributed by atoms with E-state index in [0.29, 0.717) is 23.7 Å². The van der Waals surface area contributed by atoms with Crippen LogP contribution in [0.4, 0.5) is 0 Å². The third-order valence-corrected chi connectivity index (χ3v) is 3.11. The number of aryl methyl sites for hydroxylation is 1. The van der Waals surface area contributed by atoms with Crippen LogP contribution in [0.1, 0.15) is 31.6 Å². The molecule has 1 fully saturated rings. The Kier molecular flexibility index (Phi) is 2.96. The van der Waals surface area contributed by atoms with E-state index >= 15 is 0 Å². The largest absolute Gasteiger partial charge is 0.474 e. The van der Waals surface area contributed by atoms with Crippen molar-refractivity contribution in [2.45, 2.75) is 38.7 Å². The van der Waals surface area contributed by atoms with Crippen LogP contribution in [-0.4, -0.2) is 21.2 Å². The van der Waals surface area contributed by atoms with E-state index in [2.05, 4.69) is 15.1 Å². The lowest BCUT2D eigenvalue weighted by Gasteiger charge is -2.11. The van der Waals surface area contributed by atoms with Gasteiger partial charge in [0.1, 0.15) is 6.10 Å². The van der Waals surface area contributed by atoms with Crippen molar-refractivity contribution in [3.63, 3.8) is 0 Å². The van der Waals surface area contributed by atoms with E-state index in [9.17, 15) is 0 Å². The number of hydrogen-bond donors (Lipinski definition) is 0. The molecule has 1 saturated carbocycles. The van der Waals surface area contributed by atoms with Gasteiger partial charge in [-0.15, -0.1) is 0 Å². The molecule has 94 valence electrons. The molecule has 0 saturated heterocycles. The van der Waals surface area contributed by atoms with E-state index < -0.39 is 0 Å². The zero-order valence-corrected chi connectivity index (χ0v) is 10.3. The maximum absolute atomic E-state index is 5.80. The second-order valence-electron chi connectivity index (χ2n) is 4.55. The van der Waals surface area contributed by atoms with E-state index in [4.69, 9.17) is 9.26 Å². The first-order chi connectivity index (χ1) is 8.81. The molecule has 0 aliphatic heterocycles. The summed E-state index contributed by atoms with van der Waals surface area (Å²) >= 11 is 0. The van der Waals surface area contributed by atoms with Crippen LogP contribution in [0.5, 0.6) is 5.88 Å². The summed E-state index contributed by atoms with van der Waals surface area (Å²) in [6.45, 7) is 1.77. The Hall–Kier alpha value is -1.91. The van der Waals surface area contributed by atoms with Gasteiger partial charge in [0.05, 0.1) is 0 Å². The molecule has 18 heavy (non-hydrogen) atoms. The average Bonchev–Trinajstić information content (AvgIpc) is 3.02. The normalized spacial score (nSPS) is 16.1. The third kappa shape index (κ3) is 2.34. The smallest absolute Gasteiger partial charge is 0.223 e. The van der Waals surface area contributed by atoms with E-state index in [1.165, 1.54) is 12.8 Å². The molecule has 2 aromatic rings. The minimum atomic E-state index is 0.329. The molecule has 0 spiro atoms. The monoisotopic (exact) mass is 245 g/mol. The lowest BCUT2D eigenvalue weighted by molar-refractivity contribution is 0.201. The van der Waals surface area contributed by atoms with Crippen molar-refractivity contribution in [2.24, 2.45) is 0 Å². The van der Waals surface area contributed by atoms with E-state index in [1.54, 1.807) is 13.1 Å². The van der Waals surface area contributed by atoms with Crippen LogP contribution in [0, 0.1) is 6.92 Å². The SMILES string of the molecule is Cc1nc(-c2ccc(OC3CCCC3)nc2)no1. The van der Waals surface area contributed by atoms with E-state index in [0.717, 1.165) is 18.4 Å². The maximum atomic E-state index is 5.80. The average molecular weight is 245 g/mol. The van der Waals surface area contributed by atoms with Crippen molar-refractivity contribution in [3.05, 3.63) is 24.2 Å². The highest BCUT2D eigenvalue weighted by molar-refractivity contribution is 5.52. The van der Waals surface area contributed by atoms with E-state index in [1.807, 2.05) is 12.1 Å². The molecule has 0 radical (unpaired) electrons. The lowest BCUT2D eigenvalue weighted by Crippen LogP contribution is -2.11. The van der Waals surface area contributed by atoms with Gasteiger partial charge in [0.25, 0.3) is 0 Å². The minimum absolute atomic E-state index is 0.329. The Balaban J connectivity index is 1.72. The summed E-state index contributed by atoms with van der Waals surface area (Å²) in [4.78, 5) is 8.44. The topological polar surface area (TPSA) is 61.0 Å². The first kappa shape index (κ1) is 11.2. The van der Waals surface area contributed by atoms with Crippen molar-refractivity contribution in [1.29, 1.82) is 0 Å². The molecule has 0 bridgehead atoms. The fraction of sp³-hybridized carbons (Fsp3) is 0.462. The fourth-order valence-corrected chi connectivity index (χ4v) is 2.18. The van der Waals surface area contributed by atoms with Crippen molar-refractivity contribution in [1.82, 2.24) is 15.1 Å². The molecule has 2 aromatic heterocycles. The van der Waals surface area contributed by atoms with Gasteiger partial charge in [0.2, 0.25) is 17.6 Å². The molecule has 5 nitrogen and oxygen atoms in total. The van der Waals surface area contributed by atoms with Gasteiger partial charge in [-0.2, -0.15) is 4.98 Å². The molecule has 0 amide bonds. The summed E-state index contributed by atoms with van der Waals surface area (Å²) in [7, 11) is 0. The van der Waals surface area contributed by atoms with Crippen molar-refractivity contribution in [2.75, 3.05) is 0 Å². The molecule has 0 unspecified atom stereocenters. The Morgan fingerprint density at radius 1 is 1.28 bits per heavy atom. The molecule has 1 aliphatic rings. The number of nitrogens with zero attached hydrogens (tertiary/aromatic N) is 3. The predicted molar refractivity (Wildman–Crippen MR) is 65.2 cm³/mol. The van der Waals surface area contributed by atoms with Crippen LogP contribution in [0.3, 0.4) is 0 Å². The number of pyridine rings is 1. The number of rotatable bonds is 3. The fourth-order valence-electron chi connectivity index (χ4n) is 2.18. The van der Waals surface area contributed by atoms with Gasteiger partial charge >= 0.3 is 0 Å². The zero-order valence-electron chi connectivity index (χ0n) is 10.3. The number of aromatic nitrogens is 3. The molecule has 3 rings (SSSR count). The zero-order chi connectivity index (χ0) is 12.4. The van der Waals surface area contributed by atoms with Crippen LogP contribution in [0.15, 0.2) is 22.9 Å². The molecule has 1 aliphatic carbocycles. The Bertz CT molecular complexity index is 515. The van der Waals surface area contributed by atoms with Gasteiger partial charge in [-0.25, -0.2) is 4.98 Å². The second kappa shape index (κ2) is 4.76. The van der Waals surface area contributed by atoms with Gasteiger partial charge in [0.15, 0.2) is 0 Å². The van der Waals surface area contributed by atoms with Crippen molar-refractivity contribution >= 4 is 0 Å². The Labute approximate surface area is 105 Å². The summed E-state index contributed by atoms with van der Waals surface area (Å²) in [6.07, 6.45) is 6.82. The van der Waals surface area contributed by atoms with Crippen molar-refractivity contribution < 1.29 is 9.26 Å². The minimum Gasteiger partial charge on any atom is -0.474 e. The van der Waals surface area contributed by atoms with Crippen molar-refractivity contribution in [3.8, 4) is 17.3 Å². The highest BCUT2D eigenvalue weighted by Crippen LogP contribution is 2.24. The summed E-state index contributed by atoms with van der Waals surface area (Å²) in [5.74, 6) is 1.79. The Morgan fingerprint density at radius 3 is 2.72 bits per heavy atom. The highest BCUT2D eigenvalue weighted by Gasteiger charge is 2.17. The van der Waals surface area contributed by atoms with Gasteiger partial charge < -0.3 is 9.26 Å². The Morgan fingerprint density at radius 2 is 2.11 bits per heavy atom. The lowest BCUT2D eigenvalue weighted by atomic mass is 10.2. The number of ether oxygens (including phenoxy) is 1. The van der Waals surface area contributed by atoms with Crippen LogP contribution in [0.25, 0.3) is 11.4 Å². The summed E-state index contributed by atoms with van der Waals surface area (Å²) in [5.41, 5.74) is 0.839. The second-order valence-corrected chi connectivity index (χ2v) is 4.55. The molecule has 0 N–H and O–H groups in total. The quantitative estimate of drug-likeness (QED) is 0.832. The van der Waals surface area contributed by atoms with Crippen LogP contribution < -0.4 is 4.74 Å². The van der Waals surface area contributed by atoms with Gasteiger partial charge in [0, 0.05) is 24.8 Å². The summed E-state index contributed by atoms with van der Waals surface area (Å²) < 4.78 is 10.7. The van der Waals surface area contributed by atoms with E-state index in [-0.39, 0.29) is 0 Å². The van der Waals surface area contributed by atoms with Crippen LogP contribution >= 0.6 is 0 Å². The molecular formula is C13H15N3O2. The molecule has 0 aromatic carbocycles. The standard InChI is InChI=1S/C13H15N3O2/c1-9-15-13(16-18-9)10-6-7-12(14-8-10)17-11-4-2-3-5-11/h6-8,11H,2-5H2,1H3. The van der Waals surface area contributed by atoms with Gasteiger partial charge in [-0.05, 0) is 31.7 Å². The van der Waals surface area contributed by atoms with Gasteiger partial charge in [-0.1, -0.05) is 5.16 Å². The molecular weight excluding hydrogens is 230 g/mol. The predicted octanol–water partition coefficient (Wildman–Crippen LogP) is 2.76. The first-order valence-corrected chi connectivity index (χ1v) is 6.25. The summed E-state index contributed by atoms with van der Waals surface area (Å²) in [5, 5.41) is 3.85. The first-order valence-electron chi connectivity index (χ1n) is 6.25. The molecule has 2 heterocycles. The van der Waals surface area contributed by atoms with Crippen LogP contribution in [0.2, 0.25) is 0 Å². The van der Waals surface area contributed by atoms with Gasteiger partial charge in [-0.3, -0.25) is 0 Å². The molecule has 0 atom stereocenters. The van der Waals surface area contributed by atoms with Crippen LogP contribution in [-0.2, 0) is 0 Å². The highest BCUT2D eigenvalue weighted by atomic mass is 16.5. The molecule has 5 heteroatoms. The number of hydrogen-bond acceptors (Lipinski definition) is 5. The third-order valence-electron chi connectivity index (χ3n) is 3.11. The summed E-state index contributed by atoms with van der Waals surface area (Å²) in [6, 6.07) is 3.76.